The molecule has 0 aliphatic rings. The predicted octanol–water partition coefficient (Wildman–Crippen LogP) is 4.61. The third-order valence-electron chi connectivity index (χ3n) is 3.68. The summed E-state index contributed by atoms with van der Waals surface area (Å²) < 4.78 is 5.06. The van der Waals surface area contributed by atoms with Crippen molar-refractivity contribution in [3.05, 3.63) is 52.3 Å². The first-order chi connectivity index (χ1) is 12.1. The van der Waals surface area contributed by atoms with Crippen LogP contribution < -0.4 is 5.32 Å². The third-order valence-corrected chi connectivity index (χ3v) is 5.61. The number of hydrogen-bond donors (Lipinski definition) is 1. The van der Waals surface area contributed by atoms with E-state index in [1.807, 2.05) is 38.1 Å². The van der Waals surface area contributed by atoms with Gasteiger partial charge in [0.25, 0.3) is 5.91 Å². The van der Waals surface area contributed by atoms with Gasteiger partial charge in [-0.15, -0.1) is 22.7 Å². The van der Waals surface area contributed by atoms with Crippen LogP contribution in [0.5, 0.6) is 0 Å². The van der Waals surface area contributed by atoms with Crippen molar-refractivity contribution in [3.8, 4) is 21.0 Å². The monoisotopic (exact) mass is 372 g/mol. The van der Waals surface area contributed by atoms with Crippen molar-refractivity contribution in [2.24, 2.45) is 0 Å². The van der Waals surface area contributed by atoms with Gasteiger partial charge >= 0.3 is 0 Å². The van der Waals surface area contributed by atoms with Crippen LogP contribution >= 0.6 is 22.7 Å². The predicted molar refractivity (Wildman–Crippen MR) is 104 cm³/mol. The molecule has 0 fully saturated rings. The second-order valence-electron chi connectivity index (χ2n) is 5.83. The molecule has 0 radical (unpaired) electrons. The number of carbonyl (C=O) groups is 1. The fourth-order valence-electron chi connectivity index (χ4n) is 2.52. The summed E-state index contributed by atoms with van der Waals surface area (Å²) in [6, 6.07) is 11.8. The maximum Gasteiger partial charge on any atom is 0.251 e. The molecule has 6 heteroatoms. The molecule has 4 nitrogen and oxygen atoms in total. The Labute approximate surface area is 155 Å². The number of thiophene rings is 1. The van der Waals surface area contributed by atoms with Crippen LogP contribution in [0.1, 0.15) is 22.3 Å². The molecule has 1 atom stereocenters. The Morgan fingerprint density at radius 3 is 2.80 bits per heavy atom. The summed E-state index contributed by atoms with van der Waals surface area (Å²) in [5, 5.41) is 6.08. The summed E-state index contributed by atoms with van der Waals surface area (Å²) in [5.41, 5.74) is 2.70. The lowest BCUT2D eigenvalue weighted by atomic mass is 10.1. The Morgan fingerprint density at radius 2 is 2.08 bits per heavy atom. The van der Waals surface area contributed by atoms with Crippen LogP contribution in [0.15, 0.2) is 41.8 Å². The fraction of sp³-hybridized carbons (Fsp3) is 0.263. The Bertz CT molecular complexity index is 870. The quantitative estimate of drug-likeness (QED) is 0.687. The van der Waals surface area contributed by atoms with Crippen molar-refractivity contribution in [1.29, 1.82) is 0 Å². The van der Waals surface area contributed by atoms with E-state index in [9.17, 15) is 4.79 Å². The number of benzene rings is 1. The van der Waals surface area contributed by atoms with Gasteiger partial charge in [-0.2, -0.15) is 0 Å². The lowest BCUT2D eigenvalue weighted by molar-refractivity contribution is 0.0905. The highest BCUT2D eigenvalue weighted by atomic mass is 32.1. The molecule has 1 aromatic carbocycles. The number of rotatable bonds is 6. The first-order valence-electron chi connectivity index (χ1n) is 7.99. The summed E-state index contributed by atoms with van der Waals surface area (Å²) in [6.45, 7) is 4.43. The highest BCUT2D eigenvalue weighted by Crippen LogP contribution is 2.35. The minimum Gasteiger partial charge on any atom is -0.383 e. The molecular weight excluding hydrogens is 352 g/mol. The number of amides is 1. The maximum atomic E-state index is 12.4. The molecule has 2 heterocycles. The van der Waals surface area contributed by atoms with Crippen LogP contribution in [0.25, 0.3) is 21.0 Å². The molecule has 0 spiro atoms. The molecular formula is C19H20N2O2S2. The van der Waals surface area contributed by atoms with E-state index in [0.29, 0.717) is 12.2 Å². The van der Waals surface area contributed by atoms with E-state index in [1.165, 1.54) is 0 Å². The Balaban J connectivity index is 1.80. The summed E-state index contributed by atoms with van der Waals surface area (Å²) in [6.07, 6.45) is 0. The average molecular weight is 373 g/mol. The number of ether oxygens (including phenoxy) is 1. The van der Waals surface area contributed by atoms with Crippen LogP contribution in [-0.4, -0.2) is 30.6 Å². The van der Waals surface area contributed by atoms with Crippen molar-refractivity contribution in [1.82, 2.24) is 10.3 Å². The van der Waals surface area contributed by atoms with Gasteiger partial charge < -0.3 is 10.1 Å². The topological polar surface area (TPSA) is 51.2 Å². The van der Waals surface area contributed by atoms with Crippen molar-refractivity contribution in [2.75, 3.05) is 13.7 Å². The highest BCUT2D eigenvalue weighted by Gasteiger charge is 2.12. The number of hydrogen-bond acceptors (Lipinski definition) is 5. The van der Waals surface area contributed by atoms with E-state index in [0.717, 1.165) is 26.0 Å². The standard InChI is InChI=1S/C19H20N2O2S2/c1-12(10-23-3)20-19(22)15-6-4-5-14(9-15)17-7-8-18(25-17)16-11-24-13(2)21-16/h4-9,11-12H,10H2,1-3H3,(H,20,22)/t12-/m0/s1. The fourth-order valence-corrected chi connectivity index (χ4v) is 4.17. The molecule has 1 N–H and O–H groups in total. The molecule has 0 saturated carbocycles. The van der Waals surface area contributed by atoms with E-state index in [4.69, 9.17) is 4.74 Å². The number of nitrogens with one attached hydrogen (secondary N) is 1. The van der Waals surface area contributed by atoms with Crippen LogP contribution in [0, 0.1) is 6.92 Å². The summed E-state index contributed by atoms with van der Waals surface area (Å²) in [5.74, 6) is -0.0849. The Morgan fingerprint density at radius 1 is 1.28 bits per heavy atom. The van der Waals surface area contributed by atoms with E-state index < -0.39 is 0 Å². The minimum atomic E-state index is -0.0849. The first-order valence-corrected chi connectivity index (χ1v) is 9.69. The molecule has 2 aromatic heterocycles. The summed E-state index contributed by atoms with van der Waals surface area (Å²) >= 11 is 3.34. The Hall–Kier alpha value is -2.02. The van der Waals surface area contributed by atoms with Crippen molar-refractivity contribution >= 4 is 28.6 Å². The van der Waals surface area contributed by atoms with Gasteiger partial charge in [-0.05, 0) is 43.7 Å². The zero-order valence-electron chi connectivity index (χ0n) is 14.4. The molecule has 0 bridgehead atoms. The van der Waals surface area contributed by atoms with Crippen molar-refractivity contribution in [3.63, 3.8) is 0 Å². The smallest absolute Gasteiger partial charge is 0.251 e. The SMILES string of the molecule is COC[C@H](C)NC(=O)c1cccc(-c2ccc(-c3csc(C)n3)s2)c1. The summed E-state index contributed by atoms with van der Waals surface area (Å²) in [7, 11) is 1.63. The van der Waals surface area contributed by atoms with Gasteiger partial charge in [0.2, 0.25) is 0 Å². The normalized spacial score (nSPS) is 12.1. The van der Waals surface area contributed by atoms with Gasteiger partial charge in [0.05, 0.1) is 22.2 Å². The zero-order chi connectivity index (χ0) is 17.8. The maximum absolute atomic E-state index is 12.4. The molecule has 1 amide bonds. The van der Waals surface area contributed by atoms with Crippen LogP contribution in [-0.2, 0) is 4.74 Å². The van der Waals surface area contributed by atoms with Gasteiger partial charge in [0.15, 0.2) is 0 Å². The molecule has 0 aliphatic carbocycles. The van der Waals surface area contributed by atoms with Crippen LogP contribution in [0.3, 0.4) is 0 Å². The highest BCUT2D eigenvalue weighted by molar-refractivity contribution is 7.19. The molecule has 25 heavy (non-hydrogen) atoms. The second-order valence-corrected chi connectivity index (χ2v) is 7.97. The van der Waals surface area contributed by atoms with E-state index in [2.05, 4.69) is 27.8 Å². The van der Waals surface area contributed by atoms with Gasteiger partial charge in [-0.25, -0.2) is 4.98 Å². The minimum absolute atomic E-state index is 0.0256. The van der Waals surface area contributed by atoms with Gasteiger partial charge in [-0.1, -0.05) is 12.1 Å². The molecule has 3 rings (SSSR count). The number of aromatic nitrogens is 1. The Kier molecular flexibility index (Phi) is 5.63. The molecule has 3 aromatic rings. The third kappa shape index (κ3) is 4.34. The second kappa shape index (κ2) is 7.91. The van der Waals surface area contributed by atoms with Crippen LogP contribution in [0.2, 0.25) is 0 Å². The number of aryl methyl sites for hydroxylation is 1. The number of thiazole rings is 1. The lowest BCUT2D eigenvalue weighted by Crippen LogP contribution is -2.35. The number of methoxy groups -OCH3 is 1. The number of nitrogens with zero attached hydrogens (tertiary/aromatic N) is 1. The number of carbonyl (C=O) groups excluding carboxylic acids is 1. The van der Waals surface area contributed by atoms with E-state index in [1.54, 1.807) is 29.8 Å². The van der Waals surface area contributed by atoms with E-state index in [-0.39, 0.29) is 11.9 Å². The van der Waals surface area contributed by atoms with Crippen molar-refractivity contribution in [2.45, 2.75) is 19.9 Å². The largest absolute Gasteiger partial charge is 0.383 e. The van der Waals surface area contributed by atoms with Gasteiger partial charge in [-0.3, -0.25) is 4.79 Å². The first kappa shape index (κ1) is 17.8. The molecule has 130 valence electrons. The van der Waals surface area contributed by atoms with Crippen molar-refractivity contribution < 1.29 is 9.53 Å². The summed E-state index contributed by atoms with van der Waals surface area (Å²) in [4.78, 5) is 19.2. The molecule has 0 saturated heterocycles. The molecule has 0 unspecified atom stereocenters. The van der Waals surface area contributed by atoms with E-state index >= 15 is 0 Å². The van der Waals surface area contributed by atoms with Gasteiger partial charge in [0.1, 0.15) is 0 Å². The van der Waals surface area contributed by atoms with Crippen LogP contribution in [0.4, 0.5) is 0 Å². The van der Waals surface area contributed by atoms with Gasteiger partial charge in [0, 0.05) is 29.0 Å². The lowest BCUT2D eigenvalue weighted by Gasteiger charge is -2.13. The molecule has 0 aliphatic heterocycles. The zero-order valence-corrected chi connectivity index (χ0v) is 16.0. The average Bonchev–Trinajstić information content (AvgIpc) is 3.24.